The number of nitrogens with one attached hydrogen (secondary N) is 1. The second kappa shape index (κ2) is 3.56. The largest absolute Gasteiger partial charge is 0.400 e. The van der Waals surface area contributed by atoms with Gasteiger partial charge in [0.2, 0.25) is 0 Å². The Balaban J connectivity index is 2.18. The third-order valence-corrected chi connectivity index (χ3v) is 2.06. The molecule has 3 N–H and O–H groups in total. The zero-order valence-electron chi connectivity index (χ0n) is 8.27. The summed E-state index contributed by atoms with van der Waals surface area (Å²) >= 11 is 0. The summed E-state index contributed by atoms with van der Waals surface area (Å²) in [7, 11) is 1.80. The highest BCUT2D eigenvalue weighted by atomic mass is 16.1. The number of amides is 1. The highest BCUT2D eigenvalue weighted by Gasteiger charge is 2.18. The van der Waals surface area contributed by atoms with Gasteiger partial charge in [0.1, 0.15) is 5.69 Å². The lowest BCUT2D eigenvalue weighted by Gasteiger charge is -1.90. The van der Waals surface area contributed by atoms with E-state index in [1.165, 1.54) is 6.21 Å². The molecule has 1 aliphatic rings. The maximum atomic E-state index is 11.3. The van der Waals surface area contributed by atoms with E-state index in [-0.39, 0.29) is 5.91 Å². The van der Waals surface area contributed by atoms with Crippen molar-refractivity contribution in [3.8, 4) is 0 Å². The highest BCUT2D eigenvalue weighted by Crippen LogP contribution is 2.10. The van der Waals surface area contributed by atoms with E-state index in [0.717, 1.165) is 0 Å². The minimum Gasteiger partial charge on any atom is -0.400 e. The Morgan fingerprint density at radius 2 is 2.53 bits per heavy atom. The van der Waals surface area contributed by atoms with E-state index in [0.29, 0.717) is 23.5 Å². The summed E-state index contributed by atoms with van der Waals surface area (Å²) in [5.74, 6) is -0.180. The number of rotatable bonds is 2. The van der Waals surface area contributed by atoms with E-state index < -0.39 is 0 Å². The van der Waals surface area contributed by atoms with Crippen LogP contribution >= 0.6 is 0 Å². The van der Waals surface area contributed by atoms with Crippen LogP contribution in [-0.2, 0) is 11.8 Å². The zero-order chi connectivity index (χ0) is 10.8. The van der Waals surface area contributed by atoms with Crippen LogP contribution in [-0.4, -0.2) is 28.4 Å². The summed E-state index contributed by atoms with van der Waals surface area (Å²) in [4.78, 5) is 15.4. The Morgan fingerprint density at radius 3 is 3.07 bits per heavy atom. The molecular formula is C9H11N5O. The molecule has 0 fully saturated rings. The summed E-state index contributed by atoms with van der Waals surface area (Å²) in [6, 6.07) is 0. The standard InChI is InChI=1S/C9H11N5O/c1-14-5-6(2-13-14)11-3-7-8(10)4-12-9(7)15/h2-3,5H,4,10H2,1H3,(H,12,15). The molecule has 1 amide bonds. The molecule has 0 radical (unpaired) electrons. The average Bonchev–Trinajstić information content (AvgIpc) is 2.73. The Kier molecular flexibility index (Phi) is 2.24. The van der Waals surface area contributed by atoms with Crippen LogP contribution in [0.5, 0.6) is 0 Å². The van der Waals surface area contributed by atoms with Crippen molar-refractivity contribution in [2.45, 2.75) is 0 Å². The predicted molar refractivity (Wildman–Crippen MR) is 55.6 cm³/mol. The van der Waals surface area contributed by atoms with Crippen molar-refractivity contribution in [1.29, 1.82) is 0 Å². The van der Waals surface area contributed by atoms with Crippen molar-refractivity contribution >= 4 is 17.8 Å². The minimum atomic E-state index is -0.180. The molecular weight excluding hydrogens is 194 g/mol. The van der Waals surface area contributed by atoms with Crippen molar-refractivity contribution in [3.05, 3.63) is 23.7 Å². The van der Waals surface area contributed by atoms with Gasteiger partial charge in [-0.3, -0.25) is 14.5 Å². The third-order valence-electron chi connectivity index (χ3n) is 2.06. The first-order valence-electron chi connectivity index (χ1n) is 4.46. The number of hydrogen-bond donors (Lipinski definition) is 2. The van der Waals surface area contributed by atoms with Gasteiger partial charge in [-0.1, -0.05) is 0 Å². The molecule has 0 spiro atoms. The van der Waals surface area contributed by atoms with E-state index in [9.17, 15) is 4.79 Å². The first-order chi connectivity index (χ1) is 7.16. The number of carbonyl (C=O) groups excluding carboxylic acids is 1. The van der Waals surface area contributed by atoms with Crippen molar-refractivity contribution in [2.75, 3.05) is 6.54 Å². The van der Waals surface area contributed by atoms with Crippen LogP contribution in [0.2, 0.25) is 0 Å². The van der Waals surface area contributed by atoms with Crippen LogP contribution in [0.3, 0.4) is 0 Å². The second-order valence-corrected chi connectivity index (χ2v) is 3.25. The van der Waals surface area contributed by atoms with Gasteiger partial charge in [0.25, 0.3) is 5.91 Å². The molecule has 0 aliphatic carbocycles. The van der Waals surface area contributed by atoms with Crippen molar-refractivity contribution < 1.29 is 4.79 Å². The molecule has 6 nitrogen and oxygen atoms in total. The van der Waals surface area contributed by atoms with Crippen LogP contribution in [0.25, 0.3) is 0 Å². The number of aromatic nitrogens is 2. The molecule has 6 heteroatoms. The van der Waals surface area contributed by atoms with E-state index in [1.807, 2.05) is 0 Å². The number of aryl methyl sites for hydroxylation is 1. The normalized spacial score (nSPS) is 16.5. The Labute approximate surface area is 86.5 Å². The molecule has 0 bridgehead atoms. The third kappa shape index (κ3) is 1.88. The van der Waals surface area contributed by atoms with Gasteiger partial charge in [0.05, 0.1) is 24.5 Å². The summed E-state index contributed by atoms with van der Waals surface area (Å²) in [6.07, 6.45) is 4.83. The van der Waals surface area contributed by atoms with Gasteiger partial charge in [-0.05, 0) is 0 Å². The van der Waals surface area contributed by atoms with Crippen LogP contribution in [0.4, 0.5) is 5.69 Å². The topological polar surface area (TPSA) is 85.3 Å². The van der Waals surface area contributed by atoms with Crippen LogP contribution in [0.1, 0.15) is 0 Å². The molecule has 2 rings (SSSR count). The van der Waals surface area contributed by atoms with Gasteiger partial charge < -0.3 is 11.1 Å². The SMILES string of the molecule is Cn1cc(N=CC2=C(N)CNC2=O)cn1. The van der Waals surface area contributed by atoms with Gasteiger partial charge in [-0.15, -0.1) is 0 Å². The molecule has 15 heavy (non-hydrogen) atoms. The van der Waals surface area contributed by atoms with Crippen LogP contribution < -0.4 is 11.1 Å². The van der Waals surface area contributed by atoms with E-state index in [1.54, 1.807) is 24.1 Å². The predicted octanol–water partition coefficient (Wildman–Crippen LogP) is -0.535. The first-order valence-corrected chi connectivity index (χ1v) is 4.46. The van der Waals surface area contributed by atoms with Crippen LogP contribution in [0.15, 0.2) is 28.7 Å². The number of nitrogens with zero attached hydrogens (tertiary/aromatic N) is 3. The molecule has 0 unspecified atom stereocenters. The number of aliphatic imine (C=N–C) groups is 1. The van der Waals surface area contributed by atoms with Crippen molar-refractivity contribution in [3.63, 3.8) is 0 Å². The fourth-order valence-electron chi connectivity index (χ4n) is 1.27. The lowest BCUT2D eigenvalue weighted by Crippen LogP contribution is -2.18. The Bertz CT molecular complexity index is 457. The first kappa shape index (κ1) is 9.45. The quantitative estimate of drug-likeness (QED) is 0.636. The Hall–Kier alpha value is -2.11. The minimum absolute atomic E-state index is 0.180. The van der Waals surface area contributed by atoms with E-state index >= 15 is 0 Å². The summed E-state index contributed by atoms with van der Waals surface area (Å²) < 4.78 is 1.64. The molecule has 2 heterocycles. The van der Waals surface area contributed by atoms with Crippen LogP contribution in [0, 0.1) is 0 Å². The monoisotopic (exact) mass is 205 g/mol. The molecule has 1 aliphatic heterocycles. The van der Waals surface area contributed by atoms with Gasteiger partial charge in [0.15, 0.2) is 0 Å². The maximum absolute atomic E-state index is 11.3. The van der Waals surface area contributed by atoms with E-state index in [4.69, 9.17) is 5.73 Å². The number of hydrogen-bond acceptors (Lipinski definition) is 4. The van der Waals surface area contributed by atoms with Gasteiger partial charge in [0, 0.05) is 19.0 Å². The highest BCUT2D eigenvalue weighted by molar-refractivity contribution is 6.15. The zero-order valence-corrected chi connectivity index (χ0v) is 8.27. The van der Waals surface area contributed by atoms with E-state index in [2.05, 4.69) is 15.4 Å². The fourth-order valence-corrected chi connectivity index (χ4v) is 1.27. The molecule has 1 aromatic rings. The lowest BCUT2D eigenvalue weighted by atomic mass is 10.2. The molecule has 0 saturated carbocycles. The van der Waals surface area contributed by atoms with Crippen molar-refractivity contribution in [1.82, 2.24) is 15.1 Å². The molecule has 78 valence electrons. The second-order valence-electron chi connectivity index (χ2n) is 3.25. The lowest BCUT2D eigenvalue weighted by molar-refractivity contribution is -0.116. The fraction of sp³-hybridized carbons (Fsp3) is 0.222. The van der Waals surface area contributed by atoms with Gasteiger partial charge in [-0.25, -0.2) is 0 Å². The number of nitrogens with two attached hydrogens (primary N) is 1. The molecule has 1 aromatic heterocycles. The summed E-state index contributed by atoms with van der Waals surface area (Å²) in [5.41, 5.74) is 7.27. The van der Waals surface area contributed by atoms with Gasteiger partial charge in [-0.2, -0.15) is 5.10 Å². The Morgan fingerprint density at radius 1 is 1.73 bits per heavy atom. The summed E-state index contributed by atoms with van der Waals surface area (Å²) in [5, 5.41) is 6.57. The van der Waals surface area contributed by atoms with Gasteiger partial charge >= 0.3 is 0 Å². The maximum Gasteiger partial charge on any atom is 0.254 e. The molecule has 0 atom stereocenters. The molecule has 0 aromatic carbocycles. The molecule has 0 saturated heterocycles. The van der Waals surface area contributed by atoms with Crippen molar-refractivity contribution in [2.24, 2.45) is 17.8 Å². The summed E-state index contributed by atoms with van der Waals surface area (Å²) in [6.45, 7) is 0.396. The smallest absolute Gasteiger partial charge is 0.254 e. The number of carbonyl (C=O) groups is 1. The average molecular weight is 205 g/mol.